The van der Waals surface area contributed by atoms with Gasteiger partial charge in [-0.1, -0.05) is 64.5 Å². The van der Waals surface area contributed by atoms with E-state index in [-0.39, 0.29) is 18.5 Å². The molecule has 0 spiro atoms. The Hall–Kier alpha value is -1.81. The molecule has 37 heavy (non-hydrogen) atoms. The Labute approximate surface area is 237 Å². The molecule has 1 aliphatic carbocycles. The van der Waals surface area contributed by atoms with E-state index in [2.05, 4.69) is 21.2 Å². The van der Waals surface area contributed by atoms with Crippen molar-refractivity contribution in [2.24, 2.45) is 0 Å². The first-order valence-corrected chi connectivity index (χ1v) is 15.5. The van der Waals surface area contributed by atoms with Crippen molar-refractivity contribution in [2.45, 2.75) is 64.6 Å². The largest absolute Gasteiger partial charge is 0.352 e. The van der Waals surface area contributed by atoms with Gasteiger partial charge in [-0.3, -0.25) is 13.9 Å². The van der Waals surface area contributed by atoms with E-state index in [1.807, 2.05) is 6.92 Å². The van der Waals surface area contributed by atoms with Gasteiger partial charge in [-0.05, 0) is 68.1 Å². The van der Waals surface area contributed by atoms with Crippen LogP contribution in [0.2, 0.25) is 10.0 Å². The zero-order chi connectivity index (χ0) is 27.3. The van der Waals surface area contributed by atoms with E-state index < -0.39 is 28.5 Å². The first-order chi connectivity index (χ1) is 17.4. The fourth-order valence-electron chi connectivity index (χ4n) is 4.38. The lowest BCUT2D eigenvalue weighted by atomic mass is 9.95. The number of rotatable bonds is 9. The van der Waals surface area contributed by atoms with Crippen LogP contribution < -0.4 is 9.62 Å². The van der Waals surface area contributed by atoms with Crippen LogP contribution in [0.1, 0.15) is 50.2 Å². The summed E-state index contributed by atoms with van der Waals surface area (Å²) in [6.45, 7) is 3.10. The SMILES string of the molecule is Cc1cc(N(CC(=O)N(Cc2ccc(Cl)c(Cl)c2)[C@H](C)C(=O)NC2CCCCC2)S(C)(=O)=O)ccc1Br. The number of benzene rings is 2. The van der Waals surface area contributed by atoms with Crippen LogP contribution >= 0.6 is 39.1 Å². The Bertz CT molecular complexity index is 1250. The third-order valence-electron chi connectivity index (χ3n) is 6.56. The summed E-state index contributed by atoms with van der Waals surface area (Å²) < 4.78 is 27.3. The molecule has 0 radical (unpaired) electrons. The summed E-state index contributed by atoms with van der Waals surface area (Å²) in [4.78, 5) is 28.3. The summed E-state index contributed by atoms with van der Waals surface area (Å²) >= 11 is 15.7. The van der Waals surface area contributed by atoms with Gasteiger partial charge in [-0.2, -0.15) is 0 Å². The van der Waals surface area contributed by atoms with E-state index in [0.29, 0.717) is 21.3 Å². The van der Waals surface area contributed by atoms with Crippen molar-refractivity contribution in [1.29, 1.82) is 0 Å². The maximum atomic E-state index is 13.7. The summed E-state index contributed by atoms with van der Waals surface area (Å²) in [6.07, 6.45) is 6.14. The molecular formula is C26H32BrCl2N3O4S. The monoisotopic (exact) mass is 631 g/mol. The van der Waals surface area contributed by atoms with Crippen LogP contribution in [0.3, 0.4) is 0 Å². The van der Waals surface area contributed by atoms with Crippen LogP contribution in [-0.4, -0.2) is 50.0 Å². The predicted molar refractivity (Wildman–Crippen MR) is 153 cm³/mol. The fourth-order valence-corrected chi connectivity index (χ4v) is 5.79. The number of carbonyl (C=O) groups is 2. The van der Waals surface area contributed by atoms with E-state index in [4.69, 9.17) is 23.2 Å². The molecule has 202 valence electrons. The zero-order valence-electron chi connectivity index (χ0n) is 21.1. The molecule has 0 aromatic heterocycles. The highest BCUT2D eigenvalue weighted by atomic mass is 79.9. The van der Waals surface area contributed by atoms with Gasteiger partial charge in [0.2, 0.25) is 21.8 Å². The molecule has 3 rings (SSSR count). The van der Waals surface area contributed by atoms with Crippen LogP contribution in [0.5, 0.6) is 0 Å². The number of aryl methyl sites for hydroxylation is 1. The number of amides is 2. The molecule has 0 saturated heterocycles. The molecule has 0 bridgehead atoms. The second kappa shape index (κ2) is 12.8. The summed E-state index contributed by atoms with van der Waals surface area (Å²) in [5, 5.41) is 3.78. The number of anilines is 1. The molecule has 1 atom stereocenters. The van der Waals surface area contributed by atoms with Crippen molar-refractivity contribution in [3.05, 3.63) is 62.0 Å². The number of hydrogen-bond donors (Lipinski definition) is 1. The second-order valence-electron chi connectivity index (χ2n) is 9.49. The molecule has 2 aromatic carbocycles. The van der Waals surface area contributed by atoms with Gasteiger partial charge in [0.05, 0.1) is 22.0 Å². The molecule has 2 aromatic rings. The molecule has 2 amide bonds. The molecule has 0 aliphatic heterocycles. The van der Waals surface area contributed by atoms with Gasteiger partial charge in [0.25, 0.3) is 0 Å². The van der Waals surface area contributed by atoms with Crippen molar-refractivity contribution in [3.63, 3.8) is 0 Å². The summed E-state index contributed by atoms with van der Waals surface area (Å²) in [6, 6.07) is 9.30. The quantitative estimate of drug-likeness (QED) is 0.384. The van der Waals surface area contributed by atoms with Crippen LogP contribution in [0, 0.1) is 6.92 Å². The normalized spacial score (nSPS) is 15.2. The highest BCUT2D eigenvalue weighted by Crippen LogP contribution is 2.27. The Morgan fingerprint density at radius 1 is 1.08 bits per heavy atom. The Morgan fingerprint density at radius 2 is 1.76 bits per heavy atom. The van der Waals surface area contributed by atoms with E-state index in [9.17, 15) is 18.0 Å². The zero-order valence-corrected chi connectivity index (χ0v) is 25.1. The summed E-state index contributed by atoms with van der Waals surface area (Å²) in [5.74, 6) is -0.783. The first kappa shape index (κ1) is 29.7. The molecule has 11 heteroatoms. The highest BCUT2D eigenvalue weighted by molar-refractivity contribution is 9.10. The maximum absolute atomic E-state index is 13.7. The van der Waals surface area contributed by atoms with Gasteiger partial charge in [0.15, 0.2) is 0 Å². The van der Waals surface area contributed by atoms with Gasteiger partial charge in [-0.25, -0.2) is 8.42 Å². The van der Waals surface area contributed by atoms with E-state index >= 15 is 0 Å². The Morgan fingerprint density at radius 3 is 2.35 bits per heavy atom. The Kier molecular flexibility index (Phi) is 10.3. The highest BCUT2D eigenvalue weighted by Gasteiger charge is 2.31. The van der Waals surface area contributed by atoms with Gasteiger partial charge >= 0.3 is 0 Å². The molecule has 1 saturated carbocycles. The van der Waals surface area contributed by atoms with Crippen LogP contribution in [0.15, 0.2) is 40.9 Å². The van der Waals surface area contributed by atoms with Crippen LogP contribution in [0.25, 0.3) is 0 Å². The topological polar surface area (TPSA) is 86.8 Å². The molecule has 0 heterocycles. The Balaban J connectivity index is 1.90. The van der Waals surface area contributed by atoms with Crippen LogP contribution in [-0.2, 0) is 26.2 Å². The fraction of sp³-hybridized carbons (Fsp3) is 0.462. The third-order valence-corrected chi connectivity index (χ3v) is 9.33. The molecule has 1 N–H and O–H groups in total. The second-order valence-corrected chi connectivity index (χ2v) is 13.1. The molecule has 1 fully saturated rings. The minimum absolute atomic E-state index is 0.0615. The van der Waals surface area contributed by atoms with E-state index in [1.165, 1.54) is 4.90 Å². The van der Waals surface area contributed by atoms with Crippen molar-refractivity contribution in [3.8, 4) is 0 Å². The summed E-state index contributed by atoms with van der Waals surface area (Å²) in [7, 11) is -3.80. The lowest BCUT2D eigenvalue weighted by Crippen LogP contribution is -2.53. The first-order valence-electron chi connectivity index (χ1n) is 12.1. The van der Waals surface area contributed by atoms with E-state index in [0.717, 1.165) is 52.7 Å². The minimum atomic E-state index is -3.80. The maximum Gasteiger partial charge on any atom is 0.244 e. The lowest BCUT2D eigenvalue weighted by molar-refractivity contribution is -0.139. The standard InChI is InChI=1S/C26H32BrCl2N3O4S/c1-17-13-21(10-11-22(17)27)32(37(3,35)36)16-25(33)31(15-19-9-12-23(28)24(29)14-19)18(2)26(34)30-20-7-5-4-6-8-20/h9-14,18,20H,4-8,15-16H2,1-3H3,(H,30,34)/t18-/m1/s1. The number of carbonyl (C=O) groups excluding carboxylic acids is 2. The summed E-state index contributed by atoms with van der Waals surface area (Å²) in [5.41, 5.74) is 1.86. The smallest absolute Gasteiger partial charge is 0.244 e. The number of hydrogen-bond acceptors (Lipinski definition) is 4. The van der Waals surface area contributed by atoms with Crippen molar-refractivity contribution >= 4 is 66.7 Å². The van der Waals surface area contributed by atoms with Crippen molar-refractivity contribution < 1.29 is 18.0 Å². The van der Waals surface area contributed by atoms with Gasteiger partial charge in [0, 0.05) is 17.1 Å². The van der Waals surface area contributed by atoms with Crippen LogP contribution in [0.4, 0.5) is 5.69 Å². The van der Waals surface area contributed by atoms with Gasteiger partial charge in [0.1, 0.15) is 12.6 Å². The van der Waals surface area contributed by atoms with Gasteiger partial charge < -0.3 is 10.2 Å². The number of nitrogens with one attached hydrogen (secondary N) is 1. The minimum Gasteiger partial charge on any atom is -0.352 e. The predicted octanol–water partition coefficient (Wildman–Crippen LogP) is 5.70. The molecular weight excluding hydrogens is 601 g/mol. The number of halogens is 3. The lowest BCUT2D eigenvalue weighted by Gasteiger charge is -2.33. The number of nitrogens with zero attached hydrogens (tertiary/aromatic N) is 2. The third kappa shape index (κ3) is 8.09. The average Bonchev–Trinajstić information content (AvgIpc) is 2.84. The molecule has 0 unspecified atom stereocenters. The van der Waals surface area contributed by atoms with Gasteiger partial charge in [-0.15, -0.1) is 0 Å². The number of sulfonamides is 1. The average molecular weight is 633 g/mol. The molecule has 7 nitrogen and oxygen atoms in total. The van der Waals surface area contributed by atoms with Crippen molar-refractivity contribution in [1.82, 2.24) is 10.2 Å². The van der Waals surface area contributed by atoms with E-state index in [1.54, 1.807) is 43.3 Å². The van der Waals surface area contributed by atoms with Crippen molar-refractivity contribution in [2.75, 3.05) is 17.1 Å². The molecule has 1 aliphatic rings.